The van der Waals surface area contributed by atoms with E-state index >= 15 is 0 Å². The lowest BCUT2D eigenvalue weighted by atomic mass is 10.1. The molecule has 0 aliphatic heterocycles. The number of hydrogen-bond acceptors (Lipinski definition) is 6. The molecule has 0 amide bonds. The van der Waals surface area contributed by atoms with Crippen molar-refractivity contribution in [2.24, 2.45) is 0 Å². The topological polar surface area (TPSA) is 83.6 Å². The largest absolute Gasteiger partial charge is 0.493 e. The summed E-state index contributed by atoms with van der Waals surface area (Å²) in [7, 11) is 1.35. The maximum atomic E-state index is 12.5. The van der Waals surface area contributed by atoms with Crippen LogP contribution in [0.15, 0.2) is 77.3 Å². The molecule has 1 atom stereocenters. The van der Waals surface area contributed by atoms with E-state index in [0.717, 1.165) is 28.3 Å². The van der Waals surface area contributed by atoms with Crippen molar-refractivity contribution in [2.45, 2.75) is 32.7 Å². The zero-order chi connectivity index (χ0) is 24.8. The molecular formula is C28H28N2O5. The van der Waals surface area contributed by atoms with Crippen LogP contribution in [0.4, 0.5) is 0 Å². The molecule has 0 unspecified atom stereocenters. The van der Waals surface area contributed by atoms with Gasteiger partial charge in [-0.25, -0.2) is 9.78 Å². The summed E-state index contributed by atoms with van der Waals surface area (Å²) in [5, 5.41) is 0. The second-order valence-electron chi connectivity index (χ2n) is 8.23. The van der Waals surface area contributed by atoms with Crippen molar-refractivity contribution in [2.75, 3.05) is 13.7 Å². The molecule has 180 valence electrons. The van der Waals surface area contributed by atoms with Crippen LogP contribution in [-0.2, 0) is 22.4 Å². The number of aromatic nitrogens is 2. The molecule has 4 aromatic rings. The molecule has 7 heteroatoms. The highest BCUT2D eigenvalue weighted by Crippen LogP contribution is 2.23. The Morgan fingerprint density at radius 1 is 1.03 bits per heavy atom. The van der Waals surface area contributed by atoms with Gasteiger partial charge in [0.05, 0.1) is 25.1 Å². The molecule has 0 saturated carbocycles. The quantitative estimate of drug-likeness (QED) is 0.232. The van der Waals surface area contributed by atoms with Gasteiger partial charge in [-0.15, -0.1) is 0 Å². The molecule has 0 N–H and O–H groups in total. The number of ether oxygens (including phenoxy) is 2. The predicted octanol–water partition coefficient (Wildman–Crippen LogP) is 5.23. The van der Waals surface area contributed by atoms with Crippen LogP contribution in [0.1, 0.15) is 40.5 Å². The van der Waals surface area contributed by atoms with Gasteiger partial charge in [0.25, 0.3) is 0 Å². The van der Waals surface area contributed by atoms with Gasteiger partial charge in [0.1, 0.15) is 17.6 Å². The second kappa shape index (κ2) is 10.9. The van der Waals surface area contributed by atoms with Crippen molar-refractivity contribution in [3.8, 4) is 17.2 Å². The number of rotatable bonds is 10. The Morgan fingerprint density at radius 2 is 1.77 bits per heavy atom. The van der Waals surface area contributed by atoms with E-state index in [1.807, 2.05) is 61.5 Å². The van der Waals surface area contributed by atoms with Crippen molar-refractivity contribution in [3.63, 3.8) is 0 Å². The number of ketones is 1. The van der Waals surface area contributed by atoms with E-state index in [2.05, 4.69) is 4.98 Å². The summed E-state index contributed by atoms with van der Waals surface area (Å²) in [6.45, 7) is 3.84. The highest BCUT2D eigenvalue weighted by molar-refractivity contribution is 5.93. The molecule has 2 aromatic heterocycles. The normalized spacial score (nSPS) is 11.7. The first-order valence-electron chi connectivity index (χ1n) is 11.5. The van der Waals surface area contributed by atoms with Gasteiger partial charge in [-0.05, 0) is 48.9 Å². The third-order valence-electron chi connectivity index (χ3n) is 5.82. The van der Waals surface area contributed by atoms with Gasteiger partial charge in [0, 0.05) is 31.5 Å². The fourth-order valence-electron chi connectivity index (χ4n) is 3.97. The summed E-state index contributed by atoms with van der Waals surface area (Å²) in [4.78, 5) is 29.0. The SMILES string of the molecule is COC(=O)[C@H](Cc1ccc(OCCc2nc(-c3ccccc3)oc2C)cc1)n1cccc1C(C)=O. The summed E-state index contributed by atoms with van der Waals surface area (Å²) < 4.78 is 18.4. The smallest absolute Gasteiger partial charge is 0.329 e. The number of benzene rings is 2. The number of carbonyl (C=O) groups excluding carboxylic acids is 2. The monoisotopic (exact) mass is 472 g/mol. The first-order valence-corrected chi connectivity index (χ1v) is 11.5. The van der Waals surface area contributed by atoms with Crippen LogP contribution in [0.25, 0.3) is 11.5 Å². The lowest BCUT2D eigenvalue weighted by molar-refractivity contribution is -0.144. The fourth-order valence-corrected chi connectivity index (χ4v) is 3.97. The van der Waals surface area contributed by atoms with Gasteiger partial charge < -0.3 is 18.5 Å². The second-order valence-corrected chi connectivity index (χ2v) is 8.23. The van der Waals surface area contributed by atoms with Crippen LogP contribution < -0.4 is 4.74 Å². The van der Waals surface area contributed by atoms with E-state index in [9.17, 15) is 9.59 Å². The fraction of sp³-hybridized carbons (Fsp3) is 0.250. The minimum absolute atomic E-state index is 0.106. The van der Waals surface area contributed by atoms with E-state index < -0.39 is 12.0 Å². The predicted molar refractivity (Wildman–Crippen MR) is 132 cm³/mol. The van der Waals surface area contributed by atoms with Crippen LogP contribution in [0.2, 0.25) is 0 Å². The standard InChI is InChI=1S/C28H28N2O5/c1-19(31)25-10-7-16-30(25)26(28(32)33-3)18-21-11-13-23(14-12-21)34-17-15-24-20(2)35-27(29-24)22-8-5-4-6-9-22/h4-14,16,26H,15,17-18H2,1-3H3/t26-/m0/s1. The number of hydrogen-bond donors (Lipinski definition) is 0. The molecule has 0 saturated heterocycles. The number of aryl methyl sites for hydroxylation is 1. The summed E-state index contributed by atoms with van der Waals surface area (Å²) in [5.74, 6) is 1.61. The minimum atomic E-state index is -0.630. The molecule has 2 heterocycles. The average molecular weight is 473 g/mol. The third-order valence-corrected chi connectivity index (χ3v) is 5.82. The molecule has 4 rings (SSSR count). The number of nitrogens with zero attached hydrogens (tertiary/aromatic N) is 2. The maximum absolute atomic E-state index is 12.5. The Labute approximate surface area is 204 Å². The summed E-state index contributed by atoms with van der Waals surface area (Å²) in [6.07, 6.45) is 2.74. The minimum Gasteiger partial charge on any atom is -0.493 e. The maximum Gasteiger partial charge on any atom is 0.329 e. The van der Waals surface area contributed by atoms with Crippen LogP contribution in [0.5, 0.6) is 5.75 Å². The first kappa shape index (κ1) is 24.0. The van der Waals surface area contributed by atoms with Crippen LogP contribution in [0.3, 0.4) is 0 Å². The van der Waals surface area contributed by atoms with E-state index in [1.165, 1.54) is 14.0 Å². The Kier molecular flexibility index (Phi) is 7.45. The molecular weight excluding hydrogens is 444 g/mol. The average Bonchev–Trinajstić information content (AvgIpc) is 3.51. The van der Waals surface area contributed by atoms with Crippen molar-refractivity contribution in [1.29, 1.82) is 0 Å². The Balaban J connectivity index is 1.37. The van der Waals surface area contributed by atoms with E-state index in [-0.39, 0.29) is 5.78 Å². The van der Waals surface area contributed by atoms with Crippen molar-refractivity contribution >= 4 is 11.8 Å². The Bertz CT molecular complexity index is 1290. The first-order chi connectivity index (χ1) is 17.0. The molecule has 2 aromatic carbocycles. The number of carbonyl (C=O) groups is 2. The highest BCUT2D eigenvalue weighted by atomic mass is 16.5. The zero-order valence-electron chi connectivity index (χ0n) is 20.1. The third kappa shape index (κ3) is 5.69. The number of Topliss-reactive ketones (excluding diaryl/α,β-unsaturated/α-hetero) is 1. The van der Waals surface area contributed by atoms with Gasteiger partial charge in [0.2, 0.25) is 5.89 Å². The van der Waals surface area contributed by atoms with Gasteiger partial charge >= 0.3 is 5.97 Å². The van der Waals surface area contributed by atoms with Crippen LogP contribution in [-0.4, -0.2) is 35.0 Å². The Hall–Kier alpha value is -4.13. The molecule has 0 spiro atoms. The molecule has 0 aliphatic carbocycles. The van der Waals surface area contributed by atoms with Gasteiger partial charge in [0.15, 0.2) is 5.78 Å². The van der Waals surface area contributed by atoms with E-state index in [4.69, 9.17) is 13.9 Å². The molecule has 0 bridgehead atoms. The van der Waals surface area contributed by atoms with Gasteiger partial charge in [-0.1, -0.05) is 30.3 Å². The molecule has 0 aliphatic rings. The molecule has 0 radical (unpaired) electrons. The number of oxazole rings is 1. The highest BCUT2D eigenvalue weighted by Gasteiger charge is 2.24. The molecule has 7 nitrogen and oxygen atoms in total. The molecule has 35 heavy (non-hydrogen) atoms. The van der Waals surface area contributed by atoms with Crippen molar-refractivity contribution in [3.05, 3.63) is 95.6 Å². The zero-order valence-corrected chi connectivity index (χ0v) is 20.1. The van der Waals surface area contributed by atoms with Crippen molar-refractivity contribution in [1.82, 2.24) is 9.55 Å². The number of methoxy groups -OCH3 is 1. The van der Waals surface area contributed by atoms with E-state index in [0.29, 0.717) is 31.0 Å². The van der Waals surface area contributed by atoms with Crippen LogP contribution in [0, 0.1) is 6.92 Å². The summed E-state index contributed by atoms with van der Waals surface area (Å²) in [5.41, 5.74) is 3.21. The lowest BCUT2D eigenvalue weighted by Crippen LogP contribution is -2.25. The lowest BCUT2D eigenvalue weighted by Gasteiger charge is -2.19. The Morgan fingerprint density at radius 3 is 2.46 bits per heavy atom. The van der Waals surface area contributed by atoms with Crippen molar-refractivity contribution < 1.29 is 23.5 Å². The van der Waals surface area contributed by atoms with E-state index in [1.54, 1.807) is 22.9 Å². The number of esters is 1. The summed E-state index contributed by atoms with van der Waals surface area (Å²) in [6, 6.07) is 20.2. The van der Waals surface area contributed by atoms with Gasteiger partial charge in [-0.3, -0.25) is 4.79 Å². The summed E-state index contributed by atoms with van der Waals surface area (Å²) >= 11 is 0. The van der Waals surface area contributed by atoms with Crippen LogP contribution >= 0.6 is 0 Å². The van der Waals surface area contributed by atoms with Gasteiger partial charge in [-0.2, -0.15) is 0 Å². The molecule has 0 fully saturated rings.